The normalized spacial score (nSPS) is 22.4. The fourth-order valence-electron chi connectivity index (χ4n) is 3.87. The molecule has 3 heterocycles. The van der Waals surface area contributed by atoms with E-state index in [2.05, 4.69) is 14.9 Å². The minimum absolute atomic E-state index is 0.116. The summed E-state index contributed by atoms with van der Waals surface area (Å²) in [7, 11) is 0. The molecule has 25 heavy (non-hydrogen) atoms. The number of carbonyl (C=O) groups is 1. The average molecular weight is 346 g/mol. The summed E-state index contributed by atoms with van der Waals surface area (Å²) in [6, 6.07) is 2.85. The zero-order chi connectivity index (χ0) is 17.2. The molecule has 0 saturated carbocycles. The number of rotatable bonds is 3. The van der Waals surface area contributed by atoms with Gasteiger partial charge in [-0.25, -0.2) is 9.37 Å². The number of aromatic amines is 1. The van der Waals surface area contributed by atoms with Gasteiger partial charge in [0.2, 0.25) is 0 Å². The van der Waals surface area contributed by atoms with Crippen LogP contribution in [0.1, 0.15) is 29.6 Å². The van der Waals surface area contributed by atoms with E-state index in [0.29, 0.717) is 16.6 Å². The predicted octanol–water partition coefficient (Wildman–Crippen LogP) is 2.03. The molecule has 4 rings (SSSR count). The van der Waals surface area contributed by atoms with E-state index < -0.39 is 5.82 Å². The largest absolute Gasteiger partial charge is 0.379 e. The van der Waals surface area contributed by atoms with Crippen molar-refractivity contribution in [1.82, 2.24) is 19.8 Å². The van der Waals surface area contributed by atoms with Crippen LogP contribution in [0.25, 0.3) is 11.0 Å². The lowest BCUT2D eigenvalue weighted by atomic mass is 9.99. The van der Waals surface area contributed by atoms with Gasteiger partial charge in [-0.1, -0.05) is 0 Å². The molecule has 0 aliphatic carbocycles. The summed E-state index contributed by atoms with van der Waals surface area (Å²) in [5.74, 6) is -0.531. The summed E-state index contributed by atoms with van der Waals surface area (Å²) in [5.41, 5.74) is 1.46. The molecule has 2 fully saturated rings. The van der Waals surface area contributed by atoms with E-state index >= 15 is 0 Å². The van der Waals surface area contributed by atoms with E-state index in [1.807, 2.05) is 4.90 Å². The number of amides is 1. The zero-order valence-electron chi connectivity index (χ0n) is 14.2. The molecule has 0 radical (unpaired) electrons. The molecule has 1 N–H and O–H groups in total. The number of nitrogens with one attached hydrogen (secondary N) is 1. The van der Waals surface area contributed by atoms with E-state index in [9.17, 15) is 9.18 Å². The van der Waals surface area contributed by atoms with Gasteiger partial charge < -0.3 is 14.6 Å². The fourth-order valence-corrected chi connectivity index (χ4v) is 3.87. The fraction of sp³-hybridized carbons (Fsp3) is 0.556. The molecule has 2 aromatic rings. The SMILES string of the molecule is O=C(c1cc(F)cc2[nH]cnc12)N1CCCCC1CN1CCOCC1. The second-order valence-electron chi connectivity index (χ2n) is 6.81. The van der Waals surface area contributed by atoms with E-state index in [1.54, 1.807) is 0 Å². The van der Waals surface area contributed by atoms with Crippen molar-refractivity contribution in [3.8, 4) is 0 Å². The molecule has 2 saturated heterocycles. The van der Waals surface area contributed by atoms with Crippen LogP contribution in [0.5, 0.6) is 0 Å². The van der Waals surface area contributed by atoms with Gasteiger partial charge in [0.05, 0.1) is 30.6 Å². The highest BCUT2D eigenvalue weighted by Gasteiger charge is 2.30. The van der Waals surface area contributed by atoms with Gasteiger partial charge in [-0.15, -0.1) is 0 Å². The number of aromatic nitrogens is 2. The lowest BCUT2D eigenvalue weighted by molar-refractivity contribution is 0.0166. The Hall–Kier alpha value is -1.99. The number of morpholine rings is 1. The number of ether oxygens (including phenoxy) is 1. The first kappa shape index (κ1) is 16.5. The summed E-state index contributed by atoms with van der Waals surface area (Å²) in [5, 5.41) is 0. The molecule has 1 aromatic heterocycles. The number of nitrogens with zero attached hydrogens (tertiary/aromatic N) is 3. The maximum atomic E-state index is 13.9. The highest BCUT2D eigenvalue weighted by atomic mass is 19.1. The molecular formula is C18H23FN4O2. The van der Waals surface area contributed by atoms with Crippen molar-refractivity contribution in [3.63, 3.8) is 0 Å². The standard InChI is InChI=1S/C18H23FN4O2/c19-13-9-15(17-16(10-13)20-12-21-17)18(24)23-4-2-1-3-14(23)11-22-5-7-25-8-6-22/h9-10,12,14H,1-8,11H2,(H,20,21). The Labute approximate surface area is 146 Å². The Morgan fingerprint density at radius 1 is 1.28 bits per heavy atom. The van der Waals surface area contributed by atoms with Crippen LogP contribution in [0.4, 0.5) is 4.39 Å². The third kappa shape index (κ3) is 3.39. The summed E-state index contributed by atoms with van der Waals surface area (Å²) < 4.78 is 19.3. The maximum absolute atomic E-state index is 13.9. The number of H-pyrrole nitrogens is 1. The predicted molar refractivity (Wildman–Crippen MR) is 92.0 cm³/mol. The minimum Gasteiger partial charge on any atom is -0.379 e. The second-order valence-corrected chi connectivity index (χ2v) is 6.81. The second kappa shape index (κ2) is 7.09. The lowest BCUT2D eigenvalue weighted by Crippen LogP contribution is -2.51. The quantitative estimate of drug-likeness (QED) is 0.924. The van der Waals surface area contributed by atoms with E-state index in [1.165, 1.54) is 18.5 Å². The Bertz CT molecular complexity index is 757. The first-order chi connectivity index (χ1) is 12.2. The number of hydrogen-bond acceptors (Lipinski definition) is 4. The van der Waals surface area contributed by atoms with Gasteiger partial charge in [-0.05, 0) is 31.4 Å². The highest BCUT2D eigenvalue weighted by molar-refractivity contribution is 6.05. The van der Waals surface area contributed by atoms with Gasteiger partial charge >= 0.3 is 0 Å². The Kier molecular flexibility index (Phi) is 4.67. The van der Waals surface area contributed by atoms with Crippen LogP contribution in [0, 0.1) is 5.82 Å². The zero-order valence-corrected chi connectivity index (χ0v) is 14.2. The van der Waals surface area contributed by atoms with Crippen molar-refractivity contribution in [1.29, 1.82) is 0 Å². The van der Waals surface area contributed by atoms with Gasteiger partial charge in [0, 0.05) is 32.2 Å². The summed E-state index contributed by atoms with van der Waals surface area (Å²) >= 11 is 0. The van der Waals surface area contributed by atoms with E-state index in [-0.39, 0.29) is 11.9 Å². The smallest absolute Gasteiger partial charge is 0.256 e. The molecule has 1 amide bonds. The molecular weight excluding hydrogens is 323 g/mol. The van der Waals surface area contributed by atoms with Crippen molar-refractivity contribution < 1.29 is 13.9 Å². The summed E-state index contributed by atoms with van der Waals surface area (Å²) in [6.07, 6.45) is 4.61. The third-order valence-corrected chi connectivity index (χ3v) is 5.18. The molecule has 2 aliphatic heterocycles. The van der Waals surface area contributed by atoms with Crippen LogP contribution in [0.2, 0.25) is 0 Å². The third-order valence-electron chi connectivity index (χ3n) is 5.18. The number of halogens is 1. The Balaban J connectivity index is 1.58. The topological polar surface area (TPSA) is 61.5 Å². The molecule has 0 bridgehead atoms. The number of piperidine rings is 1. The molecule has 1 unspecified atom stereocenters. The first-order valence-electron chi connectivity index (χ1n) is 8.96. The number of likely N-dealkylation sites (tertiary alicyclic amines) is 1. The Morgan fingerprint density at radius 3 is 2.96 bits per heavy atom. The summed E-state index contributed by atoms with van der Waals surface area (Å²) in [6.45, 7) is 4.88. The monoisotopic (exact) mass is 346 g/mol. The first-order valence-corrected chi connectivity index (χ1v) is 8.96. The van der Waals surface area contributed by atoms with Crippen LogP contribution in [0.3, 0.4) is 0 Å². The van der Waals surface area contributed by atoms with Crippen molar-refractivity contribution >= 4 is 16.9 Å². The van der Waals surface area contributed by atoms with E-state index in [0.717, 1.165) is 58.7 Å². The molecule has 134 valence electrons. The number of hydrogen-bond donors (Lipinski definition) is 1. The van der Waals surface area contributed by atoms with Crippen molar-refractivity contribution in [2.75, 3.05) is 39.4 Å². The van der Waals surface area contributed by atoms with Gasteiger partial charge in [0.15, 0.2) is 0 Å². The van der Waals surface area contributed by atoms with Crippen LogP contribution in [0.15, 0.2) is 18.5 Å². The van der Waals surface area contributed by atoms with Gasteiger partial charge in [-0.2, -0.15) is 0 Å². The number of fused-ring (bicyclic) bond motifs is 1. The molecule has 0 spiro atoms. The molecule has 1 atom stereocenters. The summed E-state index contributed by atoms with van der Waals surface area (Å²) in [4.78, 5) is 24.6. The molecule has 2 aliphatic rings. The molecule has 7 heteroatoms. The van der Waals surface area contributed by atoms with Gasteiger partial charge in [0.1, 0.15) is 11.3 Å². The van der Waals surface area contributed by atoms with Gasteiger partial charge in [-0.3, -0.25) is 9.69 Å². The van der Waals surface area contributed by atoms with Crippen molar-refractivity contribution in [3.05, 3.63) is 29.8 Å². The van der Waals surface area contributed by atoms with Crippen molar-refractivity contribution in [2.24, 2.45) is 0 Å². The Morgan fingerprint density at radius 2 is 2.12 bits per heavy atom. The van der Waals surface area contributed by atoms with Crippen LogP contribution in [-0.2, 0) is 4.74 Å². The minimum atomic E-state index is -0.415. The van der Waals surface area contributed by atoms with Crippen LogP contribution < -0.4 is 0 Å². The molecule has 6 nitrogen and oxygen atoms in total. The van der Waals surface area contributed by atoms with Crippen molar-refractivity contribution in [2.45, 2.75) is 25.3 Å². The van der Waals surface area contributed by atoms with Gasteiger partial charge in [0.25, 0.3) is 5.91 Å². The molecule has 1 aromatic carbocycles. The number of benzene rings is 1. The average Bonchev–Trinajstić information content (AvgIpc) is 3.10. The number of imidazole rings is 1. The highest BCUT2D eigenvalue weighted by Crippen LogP contribution is 2.24. The van der Waals surface area contributed by atoms with Crippen LogP contribution in [-0.4, -0.2) is 71.1 Å². The van der Waals surface area contributed by atoms with Crippen LogP contribution >= 0.6 is 0 Å². The lowest BCUT2D eigenvalue weighted by Gasteiger charge is -2.39. The van der Waals surface area contributed by atoms with E-state index in [4.69, 9.17) is 4.74 Å². The number of carbonyl (C=O) groups excluding carboxylic acids is 1. The maximum Gasteiger partial charge on any atom is 0.256 e.